The number of hydrogen-bond donors (Lipinski definition) is 2. The number of rotatable bonds is 7. The normalized spacial score (nSPS) is 10.3. The van der Waals surface area contributed by atoms with E-state index in [4.69, 9.17) is 10.5 Å². The van der Waals surface area contributed by atoms with Gasteiger partial charge in [-0.05, 0) is 35.4 Å². The van der Waals surface area contributed by atoms with Gasteiger partial charge in [0.2, 0.25) is 0 Å². The molecular weight excluding hydrogens is 271 g/mol. The number of nitrogens with two attached hydrogens (primary N) is 1. The van der Waals surface area contributed by atoms with E-state index in [-0.39, 0.29) is 12.4 Å². The molecule has 2 aromatic carbocycles. The Morgan fingerprint density at radius 2 is 1.52 bits per heavy atom. The monoisotopic (exact) mass is 288 g/mol. The summed E-state index contributed by atoms with van der Waals surface area (Å²) in [5.74, 6) is -0.124. The zero-order valence-electron chi connectivity index (χ0n) is 11.5. The third-order valence-corrected chi connectivity index (χ3v) is 2.88. The van der Waals surface area contributed by atoms with E-state index in [9.17, 15) is 9.18 Å². The van der Waals surface area contributed by atoms with Crippen molar-refractivity contribution in [1.29, 1.82) is 0 Å². The summed E-state index contributed by atoms with van der Waals surface area (Å²) in [6.45, 7) is 1.23. The van der Waals surface area contributed by atoms with Gasteiger partial charge in [0.25, 0.3) is 5.91 Å². The molecule has 0 heterocycles. The highest BCUT2D eigenvalue weighted by molar-refractivity contribution is 5.75. The number of halogens is 1. The van der Waals surface area contributed by atoms with E-state index in [1.54, 1.807) is 24.3 Å². The largest absolute Gasteiger partial charge is 0.484 e. The number of nitrogens with one attached hydrogen (secondary N) is 1. The highest BCUT2D eigenvalue weighted by Crippen LogP contribution is 2.12. The predicted octanol–water partition coefficient (Wildman–Crippen LogP) is 1.98. The molecule has 0 atom stereocenters. The third-order valence-electron chi connectivity index (χ3n) is 2.88. The first-order valence-corrected chi connectivity index (χ1v) is 6.59. The molecule has 0 unspecified atom stereocenters. The van der Waals surface area contributed by atoms with E-state index < -0.39 is 5.91 Å². The van der Waals surface area contributed by atoms with Gasteiger partial charge in [-0.1, -0.05) is 24.3 Å². The number of carbonyl (C=O) groups is 1. The summed E-state index contributed by atoms with van der Waals surface area (Å²) in [7, 11) is 0. The van der Waals surface area contributed by atoms with Crippen molar-refractivity contribution in [3.8, 4) is 5.75 Å². The standard InChI is InChI=1S/C16H17FN2O2/c17-14-5-1-12(2-6-14)9-19-10-13-3-7-15(8-4-13)21-11-16(18)20/h1-8,19H,9-11H2,(H2,18,20). The lowest BCUT2D eigenvalue weighted by molar-refractivity contribution is -0.119. The second-order valence-electron chi connectivity index (χ2n) is 4.63. The summed E-state index contributed by atoms with van der Waals surface area (Å²) in [5.41, 5.74) is 7.12. The summed E-state index contributed by atoms with van der Waals surface area (Å²) >= 11 is 0. The molecule has 0 bridgehead atoms. The van der Waals surface area contributed by atoms with Crippen LogP contribution in [0.5, 0.6) is 5.75 Å². The van der Waals surface area contributed by atoms with Gasteiger partial charge in [0.15, 0.2) is 6.61 Å². The molecule has 1 amide bonds. The second-order valence-corrected chi connectivity index (χ2v) is 4.63. The number of amides is 1. The van der Waals surface area contributed by atoms with Crippen molar-refractivity contribution >= 4 is 5.91 Å². The zero-order valence-corrected chi connectivity index (χ0v) is 11.5. The molecule has 21 heavy (non-hydrogen) atoms. The number of hydrogen-bond acceptors (Lipinski definition) is 3. The Hall–Kier alpha value is -2.40. The summed E-state index contributed by atoms with van der Waals surface area (Å²) in [6.07, 6.45) is 0. The van der Waals surface area contributed by atoms with E-state index in [0.717, 1.165) is 11.1 Å². The van der Waals surface area contributed by atoms with Gasteiger partial charge in [-0.2, -0.15) is 0 Å². The van der Waals surface area contributed by atoms with Crippen molar-refractivity contribution in [2.75, 3.05) is 6.61 Å². The van der Waals surface area contributed by atoms with Crippen molar-refractivity contribution in [3.63, 3.8) is 0 Å². The number of benzene rings is 2. The predicted molar refractivity (Wildman–Crippen MR) is 78.1 cm³/mol. The van der Waals surface area contributed by atoms with Crippen LogP contribution in [0.1, 0.15) is 11.1 Å². The molecular formula is C16H17FN2O2. The van der Waals surface area contributed by atoms with Crippen LogP contribution in [0.4, 0.5) is 4.39 Å². The van der Waals surface area contributed by atoms with Crippen molar-refractivity contribution in [2.24, 2.45) is 5.73 Å². The van der Waals surface area contributed by atoms with Gasteiger partial charge in [0.1, 0.15) is 11.6 Å². The molecule has 4 nitrogen and oxygen atoms in total. The average molecular weight is 288 g/mol. The molecule has 0 aliphatic rings. The van der Waals surface area contributed by atoms with Gasteiger partial charge in [-0.25, -0.2) is 4.39 Å². The van der Waals surface area contributed by atoms with Crippen LogP contribution in [0.3, 0.4) is 0 Å². The maximum Gasteiger partial charge on any atom is 0.255 e. The zero-order chi connectivity index (χ0) is 15.1. The van der Waals surface area contributed by atoms with Crippen LogP contribution < -0.4 is 15.8 Å². The van der Waals surface area contributed by atoms with E-state index in [1.807, 2.05) is 12.1 Å². The first-order valence-electron chi connectivity index (χ1n) is 6.59. The number of primary amides is 1. The van der Waals surface area contributed by atoms with Crippen LogP contribution in [-0.2, 0) is 17.9 Å². The highest BCUT2D eigenvalue weighted by atomic mass is 19.1. The van der Waals surface area contributed by atoms with Gasteiger partial charge in [0.05, 0.1) is 0 Å². The molecule has 5 heteroatoms. The highest BCUT2D eigenvalue weighted by Gasteiger charge is 1.99. The number of ether oxygens (including phenoxy) is 1. The lowest BCUT2D eigenvalue weighted by Gasteiger charge is -2.07. The van der Waals surface area contributed by atoms with Crippen LogP contribution in [-0.4, -0.2) is 12.5 Å². The third kappa shape index (κ3) is 5.24. The Bertz CT molecular complexity index is 582. The van der Waals surface area contributed by atoms with Crippen molar-refractivity contribution in [1.82, 2.24) is 5.32 Å². The summed E-state index contributed by atoms with van der Waals surface area (Å²) in [6, 6.07) is 13.8. The Labute approximate surface area is 122 Å². The molecule has 0 aliphatic carbocycles. The molecule has 2 rings (SSSR count). The minimum absolute atomic E-state index is 0.123. The topological polar surface area (TPSA) is 64.4 Å². The SMILES string of the molecule is NC(=O)COc1ccc(CNCc2ccc(F)cc2)cc1. The van der Waals surface area contributed by atoms with E-state index in [1.165, 1.54) is 12.1 Å². The summed E-state index contributed by atoms with van der Waals surface area (Å²) in [4.78, 5) is 10.6. The van der Waals surface area contributed by atoms with Gasteiger partial charge in [-0.15, -0.1) is 0 Å². The smallest absolute Gasteiger partial charge is 0.255 e. The lowest BCUT2D eigenvalue weighted by atomic mass is 10.2. The second kappa shape index (κ2) is 7.40. The van der Waals surface area contributed by atoms with E-state index in [2.05, 4.69) is 5.32 Å². The first kappa shape index (κ1) is 15.0. The fraction of sp³-hybridized carbons (Fsp3) is 0.188. The Morgan fingerprint density at radius 3 is 2.05 bits per heavy atom. The van der Waals surface area contributed by atoms with Crippen LogP contribution in [0.15, 0.2) is 48.5 Å². The average Bonchev–Trinajstić information content (AvgIpc) is 2.48. The molecule has 2 aromatic rings. The maximum absolute atomic E-state index is 12.8. The molecule has 0 saturated heterocycles. The molecule has 0 saturated carbocycles. The lowest BCUT2D eigenvalue weighted by Crippen LogP contribution is -2.20. The van der Waals surface area contributed by atoms with Crippen molar-refractivity contribution in [2.45, 2.75) is 13.1 Å². The van der Waals surface area contributed by atoms with Gasteiger partial charge >= 0.3 is 0 Å². The molecule has 0 aromatic heterocycles. The fourth-order valence-electron chi connectivity index (χ4n) is 1.81. The molecule has 0 aliphatic heterocycles. The molecule has 0 radical (unpaired) electrons. The van der Waals surface area contributed by atoms with Crippen molar-refractivity contribution < 1.29 is 13.9 Å². The van der Waals surface area contributed by atoms with E-state index in [0.29, 0.717) is 18.8 Å². The van der Waals surface area contributed by atoms with E-state index >= 15 is 0 Å². The molecule has 110 valence electrons. The maximum atomic E-state index is 12.8. The first-order chi connectivity index (χ1) is 10.1. The van der Waals surface area contributed by atoms with Gasteiger partial charge in [0, 0.05) is 13.1 Å². The molecule has 0 fully saturated rings. The van der Waals surface area contributed by atoms with Crippen LogP contribution in [0, 0.1) is 5.82 Å². The number of carbonyl (C=O) groups excluding carboxylic acids is 1. The minimum atomic E-state index is -0.500. The molecule has 3 N–H and O–H groups in total. The molecule has 0 spiro atoms. The quantitative estimate of drug-likeness (QED) is 0.819. The van der Waals surface area contributed by atoms with Gasteiger partial charge in [-0.3, -0.25) is 4.79 Å². The van der Waals surface area contributed by atoms with Crippen LogP contribution in [0.2, 0.25) is 0 Å². The Balaban J connectivity index is 1.78. The minimum Gasteiger partial charge on any atom is -0.484 e. The van der Waals surface area contributed by atoms with Gasteiger partial charge < -0.3 is 15.8 Å². The summed E-state index contributed by atoms with van der Waals surface area (Å²) in [5, 5.41) is 3.27. The van der Waals surface area contributed by atoms with Crippen LogP contribution >= 0.6 is 0 Å². The Kier molecular flexibility index (Phi) is 5.29. The fourth-order valence-corrected chi connectivity index (χ4v) is 1.81. The van der Waals surface area contributed by atoms with Crippen molar-refractivity contribution in [3.05, 3.63) is 65.5 Å². The summed E-state index contributed by atoms with van der Waals surface area (Å²) < 4.78 is 17.9. The van der Waals surface area contributed by atoms with Crippen LogP contribution in [0.25, 0.3) is 0 Å². The Morgan fingerprint density at radius 1 is 1.00 bits per heavy atom.